The number of aryl methyl sites for hydroxylation is 1. The number of halogens is 1. The van der Waals surface area contributed by atoms with E-state index in [1.807, 2.05) is 45.0 Å². The van der Waals surface area contributed by atoms with Gasteiger partial charge < -0.3 is 4.74 Å². The van der Waals surface area contributed by atoms with Crippen LogP contribution in [-0.2, 0) is 4.74 Å². The Balaban J connectivity index is 2.09. The van der Waals surface area contributed by atoms with Crippen LogP contribution in [-0.4, -0.2) is 28.0 Å². The first kappa shape index (κ1) is 19.0. The van der Waals surface area contributed by atoms with E-state index in [-0.39, 0.29) is 11.7 Å². The third-order valence-electron chi connectivity index (χ3n) is 3.83. The van der Waals surface area contributed by atoms with Crippen molar-refractivity contribution in [3.05, 3.63) is 63.4 Å². The van der Waals surface area contributed by atoms with Crippen molar-refractivity contribution in [3.8, 4) is 5.69 Å². The Morgan fingerprint density at radius 1 is 1.23 bits per heavy atom. The van der Waals surface area contributed by atoms with E-state index in [1.165, 1.54) is 11.8 Å². The summed E-state index contributed by atoms with van der Waals surface area (Å²) >= 11 is 7.60. The van der Waals surface area contributed by atoms with Crippen LogP contribution in [0.5, 0.6) is 0 Å². The van der Waals surface area contributed by atoms with Gasteiger partial charge in [-0.3, -0.25) is 9.36 Å². The fourth-order valence-electron chi connectivity index (χ4n) is 2.65. The fourth-order valence-corrected chi connectivity index (χ4v) is 3.66. The quantitative estimate of drug-likeness (QED) is 0.343. The minimum atomic E-state index is -0.0930. The molecule has 136 valence electrons. The van der Waals surface area contributed by atoms with E-state index in [0.717, 1.165) is 11.3 Å². The lowest BCUT2D eigenvalue weighted by Crippen LogP contribution is -2.22. The highest BCUT2D eigenvalue weighted by atomic mass is 35.5. The van der Waals surface area contributed by atoms with Crippen LogP contribution in [0.25, 0.3) is 16.6 Å². The molecule has 1 heterocycles. The van der Waals surface area contributed by atoms with Gasteiger partial charge in [-0.25, -0.2) is 4.98 Å². The van der Waals surface area contributed by atoms with Crippen molar-refractivity contribution in [1.82, 2.24) is 9.55 Å². The number of thioether (sulfide) groups is 1. The topological polar surface area (TPSA) is 44.1 Å². The van der Waals surface area contributed by atoms with Gasteiger partial charge in [-0.2, -0.15) is 0 Å². The molecular formula is C20H21ClN2O2S. The van der Waals surface area contributed by atoms with Crippen LogP contribution in [0.2, 0.25) is 5.02 Å². The van der Waals surface area contributed by atoms with E-state index in [9.17, 15) is 4.79 Å². The fraction of sp³-hybridized carbons (Fsp3) is 0.300. The lowest BCUT2D eigenvalue weighted by Gasteiger charge is -2.14. The largest absolute Gasteiger partial charge is 0.378 e. The summed E-state index contributed by atoms with van der Waals surface area (Å²) in [5, 5.41) is 1.76. The standard InChI is InChI=1S/C20H21ClN2O2S/c1-13(2)25-9-10-26-20-22-18-12-15(21)7-8-17(18)19(24)23(20)16-6-4-5-14(3)11-16/h4-8,11-13H,9-10H2,1-3H3. The first-order chi connectivity index (χ1) is 12.5. The van der Waals surface area contributed by atoms with Crippen molar-refractivity contribution in [2.75, 3.05) is 12.4 Å². The number of rotatable bonds is 6. The molecule has 0 unspecified atom stereocenters. The first-order valence-electron chi connectivity index (χ1n) is 8.49. The summed E-state index contributed by atoms with van der Waals surface area (Å²) in [4.78, 5) is 17.9. The number of hydrogen-bond acceptors (Lipinski definition) is 4. The van der Waals surface area contributed by atoms with Crippen LogP contribution in [0.15, 0.2) is 52.4 Å². The normalized spacial score (nSPS) is 11.4. The molecule has 2 aromatic carbocycles. The van der Waals surface area contributed by atoms with Crippen molar-refractivity contribution < 1.29 is 4.74 Å². The Morgan fingerprint density at radius 3 is 2.77 bits per heavy atom. The maximum atomic E-state index is 13.1. The maximum absolute atomic E-state index is 13.1. The number of ether oxygens (including phenoxy) is 1. The van der Waals surface area contributed by atoms with E-state index in [0.29, 0.717) is 33.4 Å². The summed E-state index contributed by atoms with van der Waals surface area (Å²) < 4.78 is 7.28. The highest BCUT2D eigenvalue weighted by molar-refractivity contribution is 7.99. The second-order valence-electron chi connectivity index (χ2n) is 6.30. The van der Waals surface area contributed by atoms with Gasteiger partial charge in [0.25, 0.3) is 5.56 Å². The molecule has 0 atom stereocenters. The molecule has 0 saturated carbocycles. The number of fused-ring (bicyclic) bond motifs is 1. The molecule has 26 heavy (non-hydrogen) atoms. The molecule has 0 radical (unpaired) electrons. The highest BCUT2D eigenvalue weighted by Gasteiger charge is 2.14. The highest BCUT2D eigenvalue weighted by Crippen LogP contribution is 2.23. The number of aromatic nitrogens is 2. The van der Waals surface area contributed by atoms with Gasteiger partial charge in [0.15, 0.2) is 5.16 Å². The van der Waals surface area contributed by atoms with Gasteiger partial charge in [-0.05, 0) is 56.7 Å². The summed E-state index contributed by atoms with van der Waals surface area (Å²) in [7, 11) is 0. The predicted molar refractivity (Wildman–Crippen MR) is 109 cm³/mol. The van der Waals surface area contributed by atoms with Crippen LogP contribution >= 0.6 is 23.4 Å². The monoisotopic (exact) mass is 388 g/mol. The van der Waals surface area contributed by atoms with Crippen molar-refractivity contribution in [1.29, 1.82) is 0 Å². The second kappa shape index (κ2) is 8.25. The lowest BCUT2D eigenvalue weighted by atomic mass is 10.2. The molecule has 6 heteroatoms. The van der Waals surface area contributed by atoms with Gasteiger partial charge in [0.05, 0.1) is 29.3 Å². The third kappa shape index (κ3) is 4.29. The summed E-state index contributed by atoms with van der Waals surface area (Å²) in [5.41, 5.74) is 2.42. The van der Waals surface area contributed by atoms with Gasteiger partial charge in [-0.1, -0.05) is 35.5 Å². The van der Waals surface area contributed by atoms with E-state index >= 15 is 0 Å². The van der Waals surface area contributed by atoms with E-state index in [4.69, 9.17) is 21.3 Å². The van der Waals surface area contributed by atoms with Gasteiger partial charge >= 0.3 is 0 Å². The molecule has 0 aliphatic heterocycles. The van der Waals surface area contributed by atoms with Crippen molar-refractivity contribution >= 4 is 34.3 Å². The average Bonchev–Trinajstić information content (AvgIpc) is 2.58. The molecule has 0 fully saturated rings. The summed E-state index contributed by atoms with van der Waals surface area (Å²) in [6, 6.07) is 13.0. The molecular weight excluding hydrogens is 368 g/mol. The predicted octanol–water partition coefficient (Wildman–Crippen LogP) is 4.86. The van der Waals surface area contributed by atoms with Crippen LogP contribution in [0.1, 0.15) is 19.4 Å². The molecule has 0 N–H and O–H groups in total. The summed E-state index contributed by atoms with van der Waals surface area (Å²) in [6.07, 6.45) is 0.179. The molecule has 4 nitrogen and oxygen atoms in total. The lowest BCUT2D eigenvalue weighted by molar-refractivity contribution is 0.0920. The molecule has 3 aromatic rings. The Labute approximate surface area is 162 Å². The van der Waals surface area contributed by atoms with Crippen molar-refractivity contribution in [3.63, 3.8) is 0 Å². The van der Waals surface area contributed by atoms with Crippen molar-refractivity contribution in [2.45, 2.75) is 32.0 Å². The van der Waals surface area contributed by atoms with E-state index in [2.05, 4.69) is 0 Å². The molecule has 0 amide bonds. The minimum absolute atomic E-state index is 0.0930. The third-order valence-corrected chi connectivity index (χ3v) is 4.96. The molecule has 1 aromatic heterocycles. The molecule has 0 saturated heterocycles. The molecule has 0 spiro atoms. The minimum Gasteiger partial charge on any atom is -0.378 e. The Morgan fingerprint density at radius 2 is 2.04 bits per heavy atom. The van der Waals surface area contributed by atoms with Crippen LogP contribution in [0, 0.1) is 6.92 Å². The Kier molecular flexibility index (Phi) is 6.01. The number of hydrogen-bond donors (Lipinski definition) is 0. The van der Waals surface area contributed by atoms with E-state index in [1.54, 1.807) is 22.8 Å². The Bertz CT molecular complexity index is 985. The smallest absolute Gasteiger partial charge is 0.266 e. The summed E-state index contributed by atoms with van der Waals surface area (Å²) in [6.45, 7) is 6.61. The zero-order valence-electron chi connectivity index (χ0n) is 15.0. The first-order valence-corrected chi connectivity index (χ1v) is 9.86. The zero-order valence-corrected chi connectivity index (χ0v) is 16.6. The van der Waals surface area contributed by atoms with Gasteiger partial charge in [0.1, 0.15) is 0 Å². The molecule has 0 bridgehead atoms. The van der Waals surface area contributed by atoms with Gasteiger partial charge in [-0.15, -0.1) is 0 Å². The average molecular weight is 389 g/mol. The van der Waals surface area contributed by atoms with E-state index < -0.39 is 0 Å². The zero-order chi connectivity index (χ0) is 18.7. The van der Waals surface area contributed by atoms with Crippen LogP contribution in [0.4, 0.5) is 0 Å². The Hall–Kier alpha value is -1.82. The maximum Gasteiger partial charge on any atom is 0.266 e. The van der Waals surface area contributed by atoms with Crippen LogP contribution in [0.3, 0.4) is 0 Å². The van der Waals surface area contributed by atoms with Crippen LogP contribution < -0.4 is 5.56 Å². The molecule has 0 aliphatic rings. The van der Waals surface area contributed by atoms with Gasteiger partial charge in [0.2, 0.25) is 0 Å². The molecule has 3 rings (SSSR count). The number of benzene rings is 2. The van der Waals surface area contributed by atoms with Gasteiger partial charge in [0, 0.05) is 10.8 Å². The summed E-state index contributed by atoms with van der Waals surface area (Å²) in [5.74, 6) is 0.711. The second-order valence-corrected chi connectivity index (χ2v) is 7.80. The SMILES string of the molecule is Cc1cccc(-n2c(SCCOC(C)C)nc3cc(Cl)ccc3c2=O)c1. The number of nitrogens with zero attached hydrogens (tertiary/aromatic N) is 2. The molecule has 0 aliphatic carbocycles. The van der Waals surface area contributed by atoms with Crippen molar-refractivity contribution in [2.24, 2.45) is 0 Å².